The molecule has 1 atom stereocenters. The lowest BCUT2D eigenvalue weighted by molar-refractivity contribution is -0.142. The first-order chi connectivity index (χ1) is 9.02. The van der Waals surface area contributed by atoms with Gasteiger partial charge in [-0.2, -0.15) is 0 Å². The largest absolute Gasteiger partial charge is 0.497 e. The number of carbonyl (C=O) groups is 1. The molecule has 0 aliphatic carbocycles. The van der Waals surface area contributed by atoms with Gasteiger partial charge in [-0.15, -0.1) is 0 Å². The monoisotopic (exact) mass is 266 g/mol. The van der Waals surface area contributed by atoms with Crippen LogP contribution in [0.15, 0.2) is 24.3 Å². The van der Waals surface area contributed by atoms with Gasteiger partial charge in [0.15, 0.2) is 0 Å². The average molecular weight is 266 g/mol. The third-order valence-electron chi connectivity index (χ3n) is 2.88. The van der Waals surface area contributed by atoms with E-state index in [1.165, 1.54) is 0 Å². The van der Waals surface area contributed by atoms with E-state index >= 15 is 0 Å². The Bertz CT molecular complexity index is 401. The van der Waals surface area contributed by atoms with Gasteiger partial charge in [0.1, 0.15) is 5.75 Å². The van der Waals surface area contributed by atoms with E-state index in [-0.39, 0.29) is 6.10 Å². The third kappa shape index (κ3) is 5.75. The summed E-state index contributed by atoms with van der Waals surface area (Å²) < 4.78 is 10.6. The van der Waals surface area contributed by atoms with E-state index in [9.17, 15) is 9.90 Å². The van der Waals surface area contributed by atoms with Gasteiger partial charge in [-0.3, -0.25) is 4.79 Å². The van der Waals surface area contributed by atoms with E-state index < -0.39 is 11.9 Å². The van der Waals surface area contributed by atoms with Gasteiger partial charge in [0.25, 0.3) is 0 Å². The highest BCUT2D eigenvalue weighted by atomic mass is 16.5. The molecule has 4 nitrogen and oxygen atoms in total. The number of hydrogen-bond acceptors (Lipinski definition) is 3. The Morgan fingerprint density at radius 2 is 2.11 bits per heavy atom. The maximum absolute atomic E-state index is 11.2. The zero-order chi connectivity index (χ0) is 14.3. The molecule has 1 aromatic carbocycles. The van der Waals surface area contributed by atoms with Gasteiger partial charge >= 0.3 is 5.97 Å². The number of carboxylic acid groups (broad SMARTS) is 1. The van der Waals surface area contributed by atoms with Crippen LogP contribution < -0.4 is 4.74 Å². The third-order valence-corrected chi connectivity index (χ3v) is 2.88. The zero-order valence-corrected chi connectivity index (χ0v) is 11.8. The van der Waals surface area contributed by atoms with E-state index in [2.05, 4.69) is 0 Å². The van der Waals surface area contributed by atoms with Gasteiger partial charge in [0.2, 0.25) is 0 Å². The van der Waals surface area contributed by atoms with Crippen LogP contribution in [0.2, 0.25) is 0 Å². The molecule has 0 heterocycles. The van der Waals surface area contributed by atoms with Crippen molar-refractivity contribution in [3.63, 3.8) is 0 Å². The van der Waals surface area contributed by atoms with Gasteiger partial charge in [0, 0.05) is 6.61 Å². The number of carboxylic acids is 1. The lowest BCUT2D eigenvalue weighted by Gasteiger charge is -2.14. The number of hydrogen-bond donors (Lipinski definition) is 1. The molecule has 0 fully saturated rings. The molecule has 0 bridgehead atoms. The summed E-state index contributed by atoms with van der Waals surface area (Å²) in [4.78, 5) is 11.2. The second-order valence-corrected chi connectivity index (χ2v) is 4.80. The standard InChI is InChI=1S/C15H22O4/c1-11(2)19-8-7-13(15(16)17)9-12-5-4-6-14(10-12)18-3/h4-6,10-11,13H,7-9H2,1-3H3,(H,16,17). The van der Waals surface area contributed by atoms with Crippen molar-refractivity contribution in [2.24, 2.45) is 5.92 Å². The van der Waals surface area contributed by atoms with Gasteiger partial charge in [-0.25, -0.2) is 0 Å². The first-order valence-corrected chi connectivity index (χ1v) is 6.50. The Morgan fingerprint density at radius 1 is 1.37 bits per heavy atom. The lowest BCUT2D eigenvalue weighted by atomic mass is 9.96. The van der Waals surface area contributed by atoms with E-state index in [0.29, 0.717) is 19.4 Å². The molecule has 0 spiro atoms. The molecule has 0 saturated carbocycles. The van der Waals surface area contributed by atoms with Gasteiger partial charge in [-0.1, -0.05) is 12.1 Å². The fraction of sp³-hybridized carbons (Fsp3) is 0.533. The lowest BCUT2D eigenvalue weighted by Crippen LogP contribution is -2.19. The molecule has 0 aromatic heterocycles. The molecular weight excluding hydrogens is 244 g/mol. The predicted octanol–water partition coefficient (Wildman–Crippen LogP) is 2.75. The van der Waals surface area contributed by atoms with Crippen LogP contribution in [0, 0.1) is 5.92 Å². The van der Waals surface area contributed by atoms with Crippen molar-refractivity contribution in [1.82, 2.24) is 0 Å². The van der Waals surface area contributed by atoms with Crippen LogP contribution in [-0.2, 0) is 16.0 Å². The molecule has 1 aromatic rings. The minimum Gasteiger partial charge on any atom is -0.497 e. The molecule has 1 rings (SSSR count). The quantitative estimate of drug-likeness (QED) is 0.786. The van der Waals surface area contributed by atoms with Crippen molar-refractivity contribution in [3.8, 4) is 5.75 Å². The average Bonchev–Trinajstić information content (AvgIpc) is 2.37. The maximum Gasteiger partial charge on any atom is 0.306 e. The highest BCUT2D eigenvalue weighted by Gasteiger charge is 2.18. The fourth-order valence-corrected chi connectivity index (χ4v) is 1.84. The van der Waals surface area contributed by atoms with E-state index in [0.717, 1.165) is 11.3 Å². The normalized spacial score (nSPS) is 12.4. The van der Waals surface area contributed by atoms with E-state index in [4.69, 9.17) is 9.47 Å². The van der Waals surface area contributed by atoms with Crippen molar-refractivity contribution in [3.05, 3.63) is 29.8 Å². The smallest absolute Gasteiger partial charge is 0.306 e. The molecule has 0 amide bonds. The summed E-state index contributed by atoms with van der Waals surface area (Å²) in [6.07, 6.45) is 1.14. The summed E-state index contributed by atoms with van der Waals surface area (Å²) in [5.74, 6) is -0.457. The summed E-state index contributed by atoms with van der Waals surface area (Å²) >= 11 is 0. The molecule has 0 radical (unpaired) electrons. The van der Waals surface area contributed by atoms with Crippen LogP contribution in [-0.4, -0.2) is 30.9 Å². The second-order valence-electron chi connectivity index (χ2n) is 4.80. The Labute approximate surface area is 114 Å². The second kappa shape index (κ2) is 7.79. The number of rotatable bonds is 8. The minimum absolute atomic E-state index is 0.131. The molecule has 0 aliphatic heterocycles. The van der Waals surface area contributed by atoms with Crippen LogP contribution in [0.1, 0.15) is 25.8 Å². The Balaban J connectivity index is 2.59. The summed E-state index contributed by atoms with van der Waals surface area (Å²) in [6.45, 7) is 4.36. The molecule has 0 aliphatic rings. The van der Waals surface area contributed by atoms with Gasteiger partial charge in [0.05, 0.1) is 19.1 Å². The molecular formula is C15H22O4. The molecule has 1 N–H and O–H groups in total. The Morgan fingerprint density at radius 3 is 2.68 bits per heavy atom. The van der Waals surface area contributed by atoms with Crippen molar-refractivity contribution in [2.75, 3.05) is 13.7 Å². The molecule has 0 saturated heterocycles. The van der Waals surface area contributed by atoms with Crippen LogP contribution >= 0.6 is 0 Å². The molecule has 106 valence electrons. The summed E-state index contributed by atoms with van der Waals surface area (Å²) in [5, 5.41) is 9.24. The molecule has 19 heavy (non-hydrogen) atoms. The minimum atomic E-state index is -0.782. The fourth-order valence-electron chi connectivity index (χ4n) is 1.84. The van der Waals surface area contributed by atoms with Gasteiger partial charge < -0.3 is 14.6 Å². The van der Waals surface area contributed by atoms with E-state index in [1.54, 1.807) is 7.11 Å². The van der Waals surface area contributed by atoms with Crippen molar-refractivity contribution in [2.45, 2.75) is 32.8 Å². The Kier molecular flexibility index (Phi) is 6.36. The highest BCUT2D eigenvalue weighted by molar-refractivity contribution is 5.70. The molecule has 4 heteroatoms. The van der Waals surface area contributed by atoms with Crippen molar-refractivity contribution >= 4 is 5.97 Å². The van der Waals surface area contributed by atoms with Crippen LogP contribution in [0.4, 0.5) is 0 Å². The maximum atomic E-state index is 11.2. The highest BCUT2D eigenvalue weighted by Crippen LogP contribution is 2.18. The summed E-state index contributed by atoms with van der Waals surface area (Å²) in [5.41, 5.74) is 0.969. The number of ether oxygens (including phenoxy) is 2. The molecule has 1 unspecified atom stereocenters. The zero-order valence-electron chi connectivity index (χ0n) is 11.8. The van der Waals surface area contributed by atoms with Gasteiger partial charge in [-0.05, 0) is 44.4 Å². The van der Waals surface area contributed by atoms with E-state index in [1.807, 2.05) is 38.1 Å². The number of aliphatic carboxylic acids is 1. The number of methoxy groups -OCH3 is 1. The van der Waals surface area contributed by atoms with Crippen LogP contribution in [0.5, 0.6) is 5.75 Å². The predicted molar refractivity (Wildman–Crippen MR) is 73.5 cm³/mol. The Hall–Kier alpha value is -1.55. The SMILES string of the molecule is COc1cccc(CC(CCOC(C)C)C(=O)O)c1. The summed E-state index contributed by atoms with van der Waals surface area (Å²) in [6, 6.07) is 7.51. The van der Waals surface area contributed by atoms with Crippen LogP contribution in [0.3, 0.4) is 0 Å². The number of benzene rings is 1. The first-order valence-electron chi connectivity index (χ1n) is 6.50. The topological polar surface area (TPSA) is 55.8 Å². The summed E-state index contributed by atoms with van der Waals surface area (Å²) in [7, 11) is 1.60. The van der Waals surface area contributed by atoms with Crippen molar-refractivity contribution in [1.29, 1.82) is 0 Å². The van der Waals surface area contributed by atoms with Crippen molar-refractivity contribution < 1.29 is 19.4 Å². The van der Waals surface area contributed by atoms with Crippen LogP contribution in [0.25, 0.3) is 0 Å². The first kappa shape index (κ1) is 15.5.